The number of fused-ring (bicyclic) bond motifs is 1. The van der Waals surface area contributed by atoms with Gasteiger partial charge in [0.15, 0.2) is 0 Å². The molecule has 1 aliphatic rings. The number of halogens is 1. The van der Waals surface area contributed by atoms with Gasteiger partial charge in [0.1, 0.15) is 5.65 Å². The predicted octanol–water partition coefficient (Wildman–Crippen LogP) is 3.99. The fourth-order valence-electron chi connectivity index (χ4n) is 4.01. The van der Waals surface area contributed by atoms with E-state index in [0.717, 1.165) is 42.8 Å². The van der Waals surface area contributed by atoms with Crippen LogP contribution in [0.25, 0.3) is 11.0 Å². The number of hydrogen-bond acceptors (Lipinski definition) is 6. The lowest BCUT2D eigenvalue weighted by molar-refractivity contribution is 0.313. The Balaban J connectivity index is 1.38. The van der Waals surface area contributed by atoms with Gasteiger partial charge < -0.3 is 15.1 Å². The van der Waals surface area contributed by atoms with Crippen molar-refractivity contribution in [3.8, 4) is 0 Å². The van der Waals surface area contributed by atoms with E-state index in [-0.39, 0.29) is 5.56 Å². The molecule has 0 radical (unpaired) electrons. The number of pyridine rings is 1. The Hall–Kier alpha value is -3.42. The van der Waals surface area contributed by atoms with E-state index < -0.39 is 0 Å². The average molecular weight is 461 g/mol. The summed E-state index contributed by atoms with van der Waals surface area (Å²) in [5.41, 5.74) is 3.56. The molecule has 0 atom stereocenters. The number of nitrogens with one attached hydrogen (secondary N) is 1. The van der Waals surface area contributed by atoms with E-state index in [1.54, 1.807) is 22.9 Å². The van der Waals surface area contributed by atoms with E-state index in [1.807, 2.05) is 36.4 Å². The van der Waals surface area contributed by atoms with Gasteiger partial charge in [0.05, 0.1) is 6.54 Å². The second-order valence-electron chi connectivity index (χ2n) is 8.32. The van der Waals surface area contributed by atoms with Crippen LogP contribution in [0.1, 0.15) is 5.56 Å². The van der Waals surface area contributed by atoms with Crippen molar-refractivity contribution in [2.75, 3.05) is 43.4 Å². The zero-order valence-electron chi connectivity index (χ0n) is 18.4. The van der Waals surface area contributed by atoms with Gasteiger partial charge in [0, 0.05) is 60.2 Å². The number of nitrogens with zero attached hydrogens (tertiary/aromatic N) is 5. The number of anilines is 3. The molecule has 7 nitrogen and oxygen atoms in total. The summed E-state index contributed by atoms with van der Waals surface area (Å²) in [5.74, 6) is 0.449. The Morgan fingerprint density at radius 2 is 1.67 bits per heavy atom. The number of benzene rings is 2. The molecule has 0 amide bonds. The van der Waals surface area contributed by atoms with Gasteiger partial charge >= 0.3 is 0 Å². The zero-order chi connectivity index (χ0) is 22.8. The van der Waals surface area contributed by atoms with Crippen LogP contribution in [-0.2, 0) is 6.54 Å². The largest absolute Gasteiger partial charge is 0.369 e. The summed E-state index contributed by atoms with van der Waals surface area (Å²) in [6, 6.07) is 19.1. The Kier molecular flexibility index (Phi) is 5.98. The lowest BCUT2D eigenvalue weighted by Crippen LogP contribution is -2.44. The van der Waals surface area contributed by atoms with Gasteiger partial charge in [-0.2, -0.15) is 4.98 Å². The molecule has 1 aliphatic heterocycles. The van der Waals surface area contributed by atoms with E-state index in [2.05, 4.69) is 44.3 Å². The third-order valence-electron chi connectivity index (χ3n) is 5.97. The second-order valence-corrected chi connectivity index (χ2v) is 8.76. The van der Waals surface area contributed by atoms with Gasteiger partial charge in [-0.05, 0) is 55.1 Å². The highest BCUT2D eigenvalue weighted by atomic mass is 35.5. The minimum Gasteiger partial charge on any atom is -0.369 e. The van der Waals surface area contributed by atoms with Crippen molar-refractivity contribution in [2.45, 2.75) is 6.54 Å². The van der Waals surface area contributed by atoms with E-state index in [4.69, 9.17) is 11.6 Å². The molecule has 0 spiro atoms. The summed E-state index contributed by atoms with van der Waals surface area (Å²) < 4.78 is 1.65. The molecule has 168 valence electrons. The molecule has 1 fully saturated rings. The fourth-order valence-corrected chi connectivity index (χ4v) is 4.13. The first kappa shape index (κ1) is 21.4. The van der Waals surface area contributed by atoms with Crippen LogP contribution in [0.15, 0.2) is 71.7 Å². The Morgan fingerprint density at radius 3 is 2.39 bits per heavy atom. The number of hydrogen-bond donors (Lipinski definition) is 1. The molecule has 2 aromatic carbocycles. The summed E-state index contributed by atoms with van der Waals surface area (Å²) in [6.07, 6.45) is 1.74. The summed E-state index contributed by atoms with van der Waals surface area (Å²) in [4.78, 5) is 26.5. The molecular weight excluding hydrogens is 436 g/mol. The Bertz CT molecular complexity index is 1310. The maximum atomic E-state index is 12.6. The van der Waals surface area contributed by atoms with E-state index in [9.17, 15) is 4.79 Å². The second kappa shape index (κ2) is 9.21. The minimum atomic E-state index is -0.112. The third kappa shape index (κ3) is 4.84. The Morgan fingerprint density at radius 1 is 0.939 bits per heavy atom. The molecule has 2 aromatic heterocycles. The number of piperazine rings is 1. The topological polar surface area (TPSA) is 66.3 Å². The SMILES string of the molecule is CN1CCN(c2ccc(Nc3ncc4ccc(=O)n(Cc5ccc(Cl)cc5)c4n3)cc2)CC1. The third-order valence-corrected chi connectivity index (χ3v) is 6.22. The van der Waals surface area contributed by atoms with Crippen LogP contribution in [0.3, 0.4) is 0 Å². The van der Waals surface area contributed by atoms with Crippen molar-refractivity contribution in [1.82, 2.24) is 19.4 Å². The molecule has 0 saturated carbocycles. The van der Waals surface area contributed by atoms with Crippen molar-refractivity contribution < 1.29 is 0 Å². The molecule has 3 heterocycles. The van der Waals surface area contributed by atoms with Crippen LogP contribution in [0, 0.1) is 0 Å². The fraction of sp³-hybridized carbons (Fsp3) is 0.240. The highest BCUT2D eigenvalue weighted by molar-refractivity contribution is 6.30. The molecule has 0 bridgehead atoms. The quantitative estimate of drug-likeness (QED) is 0.486. The van der Waals surface area contributed by atoms with Crippen molar-refractivity contribution in [3.63, 3.8) is 0 Å². The molecule has 8 heteroatoms. The molecule has 33 heavy (non-hydrogen) atoms. The normalized spacial score (nSPS) is 14.5. The van der Waals surface area contributed by atoms with Gasteiger partial charge in [0.2, 0.25) is 5.95 Å². The van der Waals surface area contributed by atoms with Gasteiger partial charge in [-0.25, -0.2) is 4.98 Å². The Labute approximate surface area is 197 Å². The molecule has 0 unspecified atom stereocenters. The highest BCUT2D eigenvalue weighted by Gasteiger charge is 2.14. The number of rotatable bonds is 5. The van der Waals surface area contributed by atoms with Crippen molar-refractivity contribution in [3.05, 3.63) is 87.8 Å². The molecule has 0 aliphatic carbocycles. The number of aromatic nitrogens is 3. The first-order valence-electron chi connectivity index (χ1n) is 11.0. The summed E-state index contributed by atoms with van der Waals surface area (Å²) >= 11 is 6.00. The zero-order valence-corrected chi connectivity index (χ0v) is 19.2. The first-order valence-corrected chi connectivity index (χ1v) is 11.3. The van der Waals surface area contributed by atoms with E-state index >= 15 is 0 Å². The van der Waals surface area contributed by atoms with Gasteiger partial charge in [-0.15, -0.1) is 0 Å². The highest BCUT2D eigenvalue weighted by Crippen LogP contribution is 2.22. The smallest absolute Gasteiger partial charge is 0.252 e. The molecule has 4 aromatic rings. The standard InChI is InChI=1S/C25H25ClN6O/c1-30-12-14-31(15-13-30)22-9-7-21(8-10-22)28-25-27-16-19-4-11-23(33)32(24(19)29-25)17-18-2-5-20(26)6-3-18/h2-11,16H,12-15,17H2,1H3,(H,27,28,29). The van der Waals surface area contributed by atoms with Crippen LogP contribution in [0.4, 0.5) is 17.3 Å². The molecular formula is C25H25ClN6O. The monoisotopic (exact) mass is 460 g/mol. The van der Waals surface area contributed by atoms with E-state index in [0.29, 0.717) is 23.2 Å². The van der Waals surface area contributed by atoms with Crippen molar-refractivity contribution in [2.24, 2.45) is 0 Å². The first-order chi connectivity index (χ1) is 16.0. The predicted molar refractivity (Wildman–Crippen MR) is 134 cm³/mol. The van der Waals surface area contributed by atoms with Crippen LogP contribution in [0.5, 0.6) is 0 Å². The van der Waals surface area contributed by atoms with Crippen LogP contribution in [-0.4, -0.2) is 52.7 Å². The van der Waals surface area contributed by atoms with Crippen molar-refractivity contribution >= 4 is 40.0 Å². The summed E-state index contributed by atoms with van der Waals surface area (Å²) in [6.45, 7) is 4.61. The lowest BCUT2D eigenvalue weighted by atomic mass is 10.2. The average Bonchev–Trinajstić information content (AvgIpc) is 2.83. The van der Waals surface area contributed by atoms with Crippen LogP contribution in [0.2, 0.25) is 5.02 Å². The molecule has 1 N–H and O–H groups in total. The van der Waals surface area contributed by atoms with Crippen molar-refractivity contribution in [1.29, 1.82) is 0 Å². The van der Waals surface area contributed by atoms with Gasteiger partial charge in [0.25, 0.3) is 5.56 Å². The molecule has 5 rings (SSSR count). The summed E-state index contributed by atoms with van der Waals surface area (Å²) in [5, 5.41) is 4.74. The summed E-state index contributed by atoms with van der Waals surface area (Å²) in [7, 11) is 2.16. The maximum absolute atomic E-state index is 12.6. The minimum absolute atomic E-state index is 0.112. The lowest BCUT2D eigenvalue weighted by Gasteiger charge is -2.34. The van der Waals surface area contributed by atoms with Crippen LogP contribution >= 0.6 is 11.6 Å². The van der Waals surface area contributed by atoms with Gasteiger partial charge in [-0.1, -0.05) is 23.7 Å². The van der Waals surface area contributed by atoms with Crippen LogP contribution < -0.4 is 15.8 Å². The van der Waals surface area contributed by atoms with Gasteiger partial charge in [-0.3, -0.25) is 9.36 Å². The number of likely N-dealkylation sites (N-methyl/N-ethyl adjacent to an activating group) is 1. The maximum Gasteiger partial charge on any atom is 0.252 e. The molecule has 1 saturated heterocycles. The van der Waals surface area contributed by atoms with E-state index in [1.165, 1.54) is 5.69 Å².